The highest BCUT2D eigenvalue weighted by molar-refractivity contribution is 7.14. The Morgan fingerprint density at radius 2 is 1.93 bits per heavy atom. The molecule has 1 amide bonds. The molecule has 29 heavy (non-hydrogen) atoms. The van der Waals surface area contributed by atoms with Crippen LogP contribution >= 0.6 is 11.3 Å². The van der Waals surface area contributed by atoms with Crippen LogP contribution < -0.4 is 5.32 Å². The number of amides is 1. The molecule has 0 saturated carbocycles. The molecule has 0 atom stereocenters. The van der Waals surface area contributed by atoms with E-state index in [1.54, 1.807) is 49.7 Å². The average molecular weight is 417 g/mol. The van der Waals surface area contributed by atoms with Crippen molar-refractivity contribution in [2.75, 3.05) is 11.9 Å². The second kappa shape index (κ2) is 8.16. The molecule has 3 heterocycles. The molecule has 0 aromatic carbocycles. The first kappa shape index (κ1) is 20.7. The van der Waals surface area contributed by atoms with Crippen LogP contribution in [0.4, 0.5) is 9.93 Å². The number of thiazole rings is 1. The molecule has 9 nitrogen and oxygen atoms in total. The molecular formula is C19H23N5O4S. The van der Waals surface area contributed by atoms with Crippen molar-refractivity contribution in [3.05, 3.63) is 28.9 Å². The van der Waals surface area contributed by atoms with Gasteiger partial charge in [-0.25, -0.2) is 24.1 Å². The van der Waals surface area contributed by atoms with E-state index >= 15 is 0 Å². The zero-order valence-electron chi connectivity index (χ0n) is 17.0. The predicted molar refractivity (Wildman–Crippen MR) is 109 cm³/mol. The lowest BCUT2D eigenvalue weighted by Crippen LogP contribution is -2.27. The molecule has 0 saturated heterocycles. The molecule has 10 heteroatoms. The maximum atomic E-state index is 12.1. The van der Waals surface area contributed by atoms with Gasteiger partial charge in [0.05, 0.1) is 6.61 Å². The van der Waals surface area contributed by atoms with Gasteiger partial charge in [0.15, 0.2) is 16.5 Å². The van der Waals surface area contributed by atoms with Gasteiger partial charge in [-0.2, -0.15) is 5.10 Å². The first-order chi connectivity index (χ1) is 13.7. The van der Waals surface area contributed by atoms with E-state index < -0.39 is 17.7 Å². The number of nitrogens with one attached hydrogen (secondary N) is 1. The summed E-state index contributed by atoms with van der Waals surface area (Å²) < 4.78 is 12.0. The van der Waals surface area contributed by atoms with Gasteiger partial charge in [-0.1, -0.05) is 6.92 Å². The predicted octanol–water partition coefficient (Wildman–Crippen LogP) is 3.94. The molecule has 0 fully saturated rings. The fourth-order valence-corrected chi connectivity index (χ4v) is 3.25. The van der Waals surface area contributed by atoms with Crippen molar-refractivity contribution in [1.82, 2.24) is 19.6 Å². The summed E-state index contributed by atoms with van der Waals surface area (Å²) in [4.78, 5) is 32.7. The summed E-state index contributed by atoms with van der Waals surface area (Å²) in [6.07, 6.45) is 0.0946. The maximum Gasteiger partial charge on any atom is 0.413 e. The van der Waals surface area contributed by atoms with Gasteiger partial charge in [-0.05, 0) is 40.2 Å². The number of hydrogen-bond donors (Lipinski definition) is 1. The van der Waals surface area contributed by atoms with E-state index in [4.69, 9.17) is 9.47 Å². The molecule has 0 aliphatic heterocycles. The number of esters is 1. The van der Waals surface area contributed by atoms with Crippen LogP contribution in [-0.2, 0) is 15.9 Å². The smallest absolute Gasteiger partial charge is 0.413 e. The number of fused-ring (bicyclic) bond motifs is 1. The number of aryl methyl sites for hydroxylation is 1. The van der Waals surface area contributed by atoms with E-state index in [-0.39, 0.29) is 12.3 Å². The Labute approximate surface area is 172 Å². The number of carbonyl (C=O) groups is 2. The summed E-state index contributed by atoms with van der Waals surface area (Å²) >= 11 is 1.27. The molecule has 3 aromatic rings. The fourth-order valence-electron chi connectivity index (χ4n) is 2.56. The molecule has 3 aromatic heterocycles. The summed E-state index contributed by atoms with van der Waals surface area (Å²) in [6.45, 7) is 9.37. The Kier molecular flexibility index (Phi) is 5.83. The summed E-state index contributed by atoms with van der Waals surface area (Å²) in [5.74, 6) is -0.468. The van der Waals surface area contributed by atoms with Crippen molar-refractivity contribution in [2.24, 2.45) is 0 Å². The third-order valence-corrected chi connectivity index (χ3v) is 4.48. The molecule has 0 aliphatic carbocycles. The second-order valence-electron chi connectivity index (χ2n) is 7.17. The largest absolute Gasteiger partial charge is 0.461 e. The molecule has 0 spiro atoms. The molecule has 0 unspecified atom stereocenters. The second-order valence-corrected chi connectivity index (χ2v) is 8.03. The molecular weight excluding hydrogens is 394 g/mol. The van der Waals surface area contributed by atoms with E-state index in [2.05, 4.69) is 20.4 Å². The number of aromatic nitrogens is 4. The monoisotopic (exact) mass is 417 g/mol. The molecule has 0 radical (unpaired) electrons. The standard InChI is InChI=1S/C19H23N5O4S/c1-6-11-8-13(16(25)27-7-2)20-15-9-12(23-24(11)15)14-10-29-17(21-14)22-18(26)28-19(3,4)5/h8-10H,6-7H2,1-5H3,(H,21,22,26). The van der Waals surface area contributed by atoms with Gasteiger partial charge in [0.1, 0.15) is 17.0 Å². The molecule has 0 aliphatic rings. The molecule has 3 rings (SSSR count). The SMILES string of the molecule is CCOC(=O)c1cc(CC)n2nc(-c3csc(NC(=O)OC(C)(C)C)n3)cc2n1. The van der Waals surface area contributed by atoms with Gasteiger partial charge in [-0.15, -0.1) is 11.3 Å². The van der Waals surface area contributed by atoms with Gasteiger partial charge in [0.25, 0.3) is 0 Å². The van der Waals surface area contributed by atoms with E-state index in [1.807, 2.05) is 6.92 Å². The molecule has 154 valence electrons. The van der Waals surface area contributed by atoms with Crippen molar-refractivity contribution < 1.29 is 19.1 Å². The number of carbonyl (C=O) groups excluding carboxylic acids is 2. The van der Waals surface area contributed by atoms with Crippen LogP contribution in [0.2, 0.25) is 0 Å². The lowest BCUT2D eigenvalue weighted by atomic mass is 10.2. The van der Waals surface area contributed by atoms with E-state index in [0.29, 0.717) is 28.6 Å². The highest BCUT2D eigenvalue weighted by Crippen LogP contribution is 2.26. The van der Waals surface area contributed by atoms with E-state index in [9.17, 15) is 9.59 Å². The van der Waals surface area contributed by atoms with Crippen molar-refractivity contribution in [1.29, 1.82) is 0 Å². The van der Waals surface area contributed by atoms with Crippen molar-refractivity contribution in [3.8, 4) is 11.4 Å². The topological polar surface area (TPSA) is 108 Å². The minimum absolute atomic E-state index is 0.244. The number of ether oxygens (including phenoxy) is 2. The highest BCUT2D eigenvalue weighted by Gasteiger charge is 2.19. The lowest BCUT2D eigenvalue weighted by molar-refractivity contribution is 0.0518. The Morgan fingerprint density at radius 3 is 2.59 bits per heavy atom. The van der Waals surface area contributed by atoms with Crippen LogP contribution in [0.15, 0.2) is 17.5 Å². The normalized spacial score (nSPS) is 11.5. The van der Waals surface area contributed by atoms with Crippen LogP contribution in [0.3, 0.4) is 0 Å². The average Bonchev–Trinajstić information content (AvgIpc) is 3.25. The van der Waals surface area contributed by atoms with Gasteiger partial charge < -0.3 is 9.47 Å². The minimum Gasteiger partial charge on any atom is -0.461 e. The van der Waals surface area contributed by atoms with Crippen LogP contribution in [0.25, 0.3) is 17.0 Å². The zero-order valence-corrected chi connectivity index (χ0v) is 17.8. The van der Waals surface area contributed by atoms with Crippen molar-refractivity contribution >= 4 is 34.2 Å². The lowest BCUT2D eigenvalue weighted by Gasteiger charge is -2.18. The third-order valence-electron chi connectivity index (χ3n) is 3.72. The highest BCUT2D eigenvalue weighted by atomic mass is 32.1. The summed E-state index contributed by atoms with van der Waals surface area (Å²) in [7, 11) is 0. The van der Waals surface area contributed by atoms with E-state index in [1.165, 1.54) is 11.3 Å². The number of nitrogens with zero attached hydrogens (tertiary/aromatic N) is 4. The third kappa shape index (κ3) is 4.89. The summed E-state index contributed by atoms with van der Waals surface area (Å²) in [6, 6.07) is 3.42. The van der Waals surface area contributed by atoms with Crippen molar-refractivity contribution in [2.45, 2.75) is 46.6 Å². The van der Waals surface area contributed by atoms with Gasteiger partial charge in [0.2, 0.25) is 0 Å². The summed E-state index contributed by atoms with van der Waals surface area (Å²) in [5.41, 5.74) is 2.18. The van der Waals surface area contributed by atoms with Crippen molar-refractivity contribution in [3.63, 3.8) is 0 Å². The molecule has 0 bridgehead atoms. The number of rotatable bonds is 5. The van der Waals surface area contributed by atoms with Crippen LogP contribution in [0, 0.1) is 0 Å². The Morgan fingerprint density at radius 1 is 1.17 bits per heavy atom. The van der Waals surface area contributed by atoms with E-state index in [0.717, 1.165) is 5.69 Å². The van der Waals surface area contributed by atoms with Gasteiger partial charge in [-0.3, -0.25) is 5.32 Å². The maximum absolute atomic E-state index is 12.1. The zero-order chi connectivity index (χ0) is 21.2. The summed E-state index contributed by atoms with van der Waals surface area (Å²) in [5, 5.41) is 9.36. The van der Waals surface area contributed by atoms with Crippen LogP contribution in [0.1, 0.15) is 50.8 Å². The van der Waals surface area contributed by atoms with Gasteiger partial charge >= 0.3 is 12.1 Å². The Balaban J connectivity index is 1.88. The Bertz CT molecular complexity index is 1050. The first-order valence-electron chi connectivity index (χ1n) is 9.23. The molecule has 1 N–H and O–H groups in total. The number of hydrogen-bond acceptors (Lipinski definition) is 8. The fraction of sp³-hybridized carbons (Fsp3) is 0.421. The first-order valence-corrected chi connectivity index (χ1v) is 10.1. The quantitative estimate of drug-likeness (QED) is 0.626. The minimum atomic E-state index is -0.593. The van der Waals surface area contributed by atoms with Crippen LogP contribution in [0.5, 0.6) is 0 Å². The number of anilines is 1. The van der Waals surface area contributed by atoms with Gasteiger partial charge in [0, 0.05) is 17.1 Å². The Hall–Kier alpha value is -3.01. The van der Waals surface area contributed by atoms with Crippen LogP contribution in [-0.4, -0.2) is 43.9 Å².